The summed E-state index contributed by atoms with van der Waals surface area (Å²) in [6, 6.07) is -0.640. The molecule has 2 unspecified atom stereocenters. The zero-order valence-electron chi connectivity index (χ0n) is 40.9. The van der Waals surface area contributed by atoms with Gasteiger partial charge in [0.15, 0.2) is 0 Å². The lowest BCUT2D eigenvalue weighted by molar-refractivity contribution is -0.143. The number of ether oxygens (including phenoxy) is 1. The Morgan fingerprint density at radius 2 is 0.770 bits per heavy atom. The Hall–Kier alpha value is -1.66. The zero-order chi connectivity index (χ0) is 44.4. The topological polar surface area (TPSA) is 95.9 Å². The van der Waals surface area contributed by atoms with Crippen molar-refractivity contribution in [3.05, 3.63) is 24.3 Å². The Labute approximate surface area is 380 Å². The third-order valence-corrected chi connectivity index (χ3v) is 12.5. The Morgan fingerprint density at radius 3 is 1.16 bits per heavy atom. The lowest BCUT2D eigenvalue weighted by Gasteiger charge is -2.20. The smallest absolute Gasteiger partial charge is 0.305 e. The lowest BCUT2D eigenvalue weighted by atomic mass is 10.0. The van der Waals surface area contributed by atoms with E-state index >= 15 is 0 Å². The first-order chi connectivity index (χ1) is 30.0. The first-order valence-corrected chi connectivity index (χ1v) is 27.1. The van der Waals surface area contributed by atoms with Gasteiger partial charge in [-0.15, -0.1) is 0 Å². The third kappa shape index (κ3) is 47.7. The maximum atomic E-state index is 12.4. The Kier molecular flexibility index (Phi) is 49.6. The summed E-state index contributed by atoms with van der Waals surface area (Å²) in [5.74, 6) is -0.101. The fourth-order valence-electron chi connectivity index (χ4n) is 8.27. The van der Waals surface area contributed by atoms with Gasteiger partial charge in [-0.1, -0.05) is 244 Å². The van der Waals surface area contributed by atoms with Gasteiger partial charge in [0.1, 0.15) is 0 Å². The van der Waals surface area contributed by atoms with Gasteiger partial charge in [-0.25, -0.2) is 0 Å². The average Bonchev–Trinajstić information content (AvgIpc) is 3.26. The van der Waals surface area contributed by atoms with Crippen LogP contribution in [0.1, 0.15) is 290 Å². The molecule has 0 saturated heterocycles. The van der Waals surface area contributed by atoms with E-state index in [1.54, 1.807) is 6.08 Å². The van der Waals surface area contributed by atoms with Crippen LogP contribution in [0.25, 0.3) is 0 Å². The quantitative estimate of drug-likeness (QED) is 0.0322. The van der Waals surface area contributed by atoms with Gasteiger partial charge in [0.25, 0.3) is 0 Å². The predicted octanol–water partition coefficient (Wildman–Crippen LogP) is 16.3. The van der Waals surface area contributed by atoms with E-state index in [9.17, 15) is 19.8 Å². The number of carbonyl (C=O) groups excluding carboxylic acids is 2. The fourth-order valence-corrected chi connectivity index (χ4v) is 8.27. The molecule has 0 aliphatic rings. The minimum Gasteiger partial charge on any atom is -0.466 e. The molecule has 2 atom stereocenters. The Balaban J connectivity index is 3.50. The second-order valence-corrected chi connectivity index (χ2v) is 18.6. The van der Waals surface area contributed by atoms with E-state index in [1.165, 1.54) is 205 Å². The highest BCUT2D eigenvalue weighted by Gasteiger charge is 2.18. The first kappa shape index (κ1) is 59.3. The van der Waals surface area contributed by atoms with Crippen LogP contribution in [0.4, 0.5) is 0 Å². The van der Waals surface area contributed by atoms with Crippen LogP contribution in [0.15, 0.2) is 24.3 Å². The van der Waals surface area contributed by atoms with Gasteiger partial charge in [0, 0.05) is 12.8 Å². The fraction of sp³-hybridized carbons (Fsp3) is 0.891. The zero-order valence-corrected chi connectivity index (χ0v) is 40.9. The molecule has 0 aromatic rings. The largest absolute Gasteiger partial charge is 0.466 e. The van der Waals surface area contributed by atoms with E-state index in [-0.39, 0.29) is 18.5 Å². The van der Waals surface area contributed by atoms with Crippen molar-refractivity contribution < 1.29 is 24.5 Å². The monoisotopic (exact) mass is 860 g/mol. The number of esters is 1. The normalized spacial score (nSPS) is 12.8. The van der Waals surface area contributed by atoms with Crippen LogP contribution in [0.5, 0.6) is 0 Å². The number of nitrogens with one attached hydrogen (secondary N) is 1. The maximum Gasteiger partial charge on any atom is 0.305 e. The van der Waals surface area contributed by atoms with Gasteiger partial charge in [0.05, 0.1) is 25.4 Å². The van der Waals surface area contributed by atoms with Crippen LogP contribution in [0.2, 0.25) is 0 Å². The molecular weight excluding hydrogens is 755 g/mol. The number of aliphatic hydroxyl groups excluding tert-OH is 2. The third-order valence-electron chi connectivity index (χ3n) is 12.5. The van der Waals surface area contributed by atoms with Gasteiger partial charge in [0.2, 0.25) is 5.91 Å². The molecule has 1 amide bonds. The first-order valence-electron chi connectivity index (χ1n) is 27.1. The van der Waals surface area contributed by atoms with Gasteiger partial charge < -0.3 is 20.3 Å². The van der Waals surface area contributed by atoms with Crippen molar-refractivity contribution in [2.45, 2.75) is 302 Å². The molecule has 0 heterocycles. The average molecular weight is 860 g/mol. The van der Waals surface area contributed by atoms with Crippen molar-refractivity contribution in [3.63, 3.8) is 0 Å². The standard InChI is InChI=1S/C55H105NO5/c1-3-5-7-9-11-13-15-17-19-20-22-23-27-31-35-39-43-47-53(58)52(51-57)56-54(59)48-44-40-36-32-28-25-26-30-34-38-42-46-50-61-55(60)49-45-41-37-33-29-24-21-18-16-14-12-10-8-6-4-2/h18,21,43,47,52-53,57-58H,3-17,19-20,22-42,44-46,48-51H2,1-2H3,(H,56,59)/b21-18-,47-43+. The maximum absolute atomic E-state index is 12.4. The molecule has 61 heavy (non-hydrogen) atoms. The molecular formula is C55H105NO5. The number of rotatable bonds is 50. The van der Waals surface area contributed by atoms with Gasteiger partial charge >= 0.3 is 5.97 Å². The Morgan fingerprint density at radius 1 is 0.443 bits per heavy atom. The van der Waals surface area contributed by atoms with Crippen molar-refractivity contribution >= 4 is 11.9 Å². The number of hydrogen-bond acceptors (Lipinski definition) is 5. The van der Waals surface area contributed by atoms with E-state index in [2.05, 4.69) is 31.3 Å². The molecule has 6 nitrogen and oxygen atoms in total. The minimum absolute atomic E-state index is 0.0186. The second-order valence-electron chi connectivity index (χ2n) is 18.6. The van der Waals surface area contributed by atoms with Crippen molar-refractivity contribution in [2.75, 3.05) is 13.2 Å². The molecule has 0 saturated carbocycles. The summed E-state index contributed by atoms with van der Waals surface area (Å²) >= 11 is 0. The van der Waals surface area contributed by atoms with E-state index in [4.69, 9.17) is 4.74 Å². The minimum atomic E-state index is -0.855. The van der Waals surface area contributed by atoms with Crippen LogP contribution in [0, 0.1) is 0 Å². The molecule has 0 aromatic heterocycles. The van der Waals surface area contributed by atoms with Crippen molar-refractivity contribution in [1.82, 2.24) is 5.32 Å². The van der Waals surface area contributed by atoms with E-state index in [0.717, 1.165) is 57.8 Å². The molecule has 0 radical (unpaired) electrons. The Bertz CT molecular complexity index is 951. The summed E-state index contributed by atoms with van der Waals surface area (Å²) in [6.07, 6.45) is 60.3. The molecule has 0 aromatic carbocycles. The molecule has 0 aliphatic carbocycles. The molecule has 3 N–H and O–H groups in total. The molecule has 0 rings (SSSR count). The predicted molar refractivity (Wildman–Crippen MR) is 264 cm³/mol. The molecule has 6 heteroatoms. The molecule has 0 fully saturated rings. The highest BCUT2D eigenvalue weighted by Crippen LogP contribution is 2.16. The summed E-state index contributed by atoms with van der Waals surface area (Å²) in [6.45, 7) is 4.87. The van der Waals surface area contributed by atoms with Gasteiger partial charge in [-0.3, -0.25) is 9.59 Å². The summed E-state index contributed by atoms with van der Waals surface area (Å²) in [5, 5.41) is 23.1. The van der Waals surface area contributed by atoms with E-state index in [1.807, 2.05) is 6.08 Å². The van der Waals surface area contributed by atoms with Crippen LogP contribution >= 0.6 is 0 Å². The molecule has 360 valence electrons. The second kappa shape index (κ2) is 51.0. The molecule has 0 aliphatic heterocycles. The van der Waals surface area contributed by atoms with Crippen molar-refractivity contribution in [2.24, 2.45) is 0 Å². The van der Waals surface area contributed by atoms with Crippen LogP contribution in [-0.4, -0.2) is 47.4 Å². The number of allylic oxidation sites excluding steroid dienone is 3. The highest BCUT2D eigenvalue weighted by atomic mass is 16.5. The number of unbranched alkanes of at least 4 members (excludes halogenated alkanes) is 37. The molecule has 0 spiro atoms. The number of carbonyl (C=O) groups is 2. The SMILES string of the molecule is CCCCCCCC/C=C\CCCCCCCC(=O)OCCCCCCCCCCCCCCC(=O)NC(CO)C(O)/C=C/CCCCCCCCCCCCCCCCC. The summed E-state index contributed by atoms with van der Waals surface area (Å²) in [7, 11) is 0. The highest BCUT2D eigenvalue weighted by molar-refractivity contribution is 5.76. The van der Waals surface area contributed by atoms with E-state index in [0.29, 0.717) is 19.4 Å². The number of hydrogen-bond donors (Lipinski definition) is 3. The van der Waals surface area contributed by atoms with E-state index < -0.39 is 12.1 Å². The number of amides is 1. The van der Waals surface area contributed by atoms with Gasteiger partial charge in [-0.05, 0) is 57.8 Å². The van der Waals surface area contributed by atoms with Crippen LogP contribution in [0.3, 0.4) is 0 Å². The molecule has 0 bridgehead atoms. The van der Waals surface area contributed by atoms with Crippen LogP contribution < -0.4 is 5.32 Å². The van der Waals surface area contributed by atoms with Crippen molar-refractivity contribution in [1.29, 1.82) is 0 Å². The van der Waals surface area contributed by atoms with Crippen LogP contribution in [-0.2, 0) is 14.3 Å². The van der Waals surface area contributed by atoms with Gasteiger partial charge in [-0.2, -0.15) is 0 Å². The lowest BCUT2D eigenvalue weighted by Crippen LogP contribution is -2.45. The number of aliphatic hydroxyl groups is 2. The summed E-state index contributed by atoms with van der Waals surface area (Å²) < 4.78 is 5.46. The summed E-state index contributed by atoms with van der Waals surface area (Å²) in [4.78, 5) is 24.5. The summed E-state index contributed by atoms with van der Waals surface area (Å²) in [5.41, 5.74) is 0. The van der Waals surface area contributed by atoms with Crippen molar-refractivity contribution in [3.8, 4) is 0 Å².